The van der Waals surface area contributed by atoms with Gasteiger partial charge < -0.3 is 29.4 Å². The van der Waals surface area contributed by atoms with Crippen LogP contribution in [0.4, 0.5) is 4.79 Å². The Bertz CT molecular complexity index is 1350. The molecule has 2 N–H and O–H groups in total. The zero-order valence-corrected chi connectivity index (χ0v) is 23.7. The summed E-state index contributed by atoms with van der Waals surface area (Å²) in [5, 5.41) is 5.09. The first kappa shape index (κ1) is 28.6. The molecule has 0 spiro atoms. The number of fused-ring (bicyclic) bond motifs is 1. The second kappa shape index (κ2) is 12.6. The number of carbonyl (C=O) groups excluding carboxylic acids is 2. The van der Waals surface area contributed by atoms with E-state index >= 15 is 0 Å². The topological polar surface area (TPSA) is 123 Å². The summed E-state index contributed by atoms with van der Waals surface area (Å²) in [5.41, 5.74) is 0.777. The molecule has 3 aromatic rings. The van der Waals surface area contributed by atoms with Crippen LogP contribution in [0.25, 0.3) is 10.2 Å². The number of hydrogen-bond acceptors (Lipinski definition) is 8. The summed E-state index contributed by atoms with van der Waals surface area (Å²) in [4.78, 5) is 46.9. The molecule has 4 rings (SSSR count). The van der Waals surface area contributed by atoms with Crippen molar-refractivity contribution in [2.45, 2.75) is 58.8 Å². The molecule has 3 heterocycles. The van der Waals surface area contributed by atoms with E-state index in [0.29, 0.717) is 48.2 Å². The lowest BCUT2D eigenvalue weighted by atomic mass is 9.94. The number of ether oxygens (including phenoxy) is 3. The minimum atomic E-state index is -0.490. The molecule has 0 radical (unpaired) electrons. The van der Waals surface area contributed by atoms with E-state index in [9.17, 15) is 14.4 Å². The summed E-state index contributed by atoms with van der Waals surface area (Å²) in [6, 6.07) is 7.38. The highest BCUT2D eigenvalue weighted by Crippen LogP contribution is 2.24. The molecular formula is C28H36N4O6S. The van der Waals surface area contributed by atoms with Crippen molar-refractivity contribution in [1.29, 1.82) is 0 Å². The highest BCUT2D eigenvalue weighted by molar-refractivity contribution is 7.16. The van der Waals surface area contributed by atoms with Crippen molar-refractivity contribution in [2.24, 2.45) is 5.92 Å². The first-order valence-electron chi connectivity index (χ1n) is 13.1. The van der Waals surface area contributed by atoms with Gasteiger partial charge in [0.2, 0.25) is 5.82 Å². The molecular weight excluding hydrogens is 520 g/mol. The van der Waals surface area contributed by atoms with E-state index in [2.05, 4.69) is 15.3 Å². The minimum Gasteiger partial charge on any atom is -0.497 e. The van der Waals surface area contributed by atoms with Crippen LogP contribution < -0.4 is 15.6 Å². The van der Waals surface area contributed by atoms with E-state index in [-0.39, 0.29) is 24.0 Å². The molecule has 0 unspecified atom stereocenters. The number of amides is 2. The predicted octanol–water partition coefficient (Wildman–Crippen LogP) is 4.48. The molecule has 10 nitrogen and oxygen atoms in total. The van der Waals surface area contributed by atoms with E-state index in [4.69, 9.17) is 14.2 Å². The SMILES string of the molecule is COc1cccc(CNC(=O)c2nc3scc(COCCC4CCN(C(=O)OC(C)(C)C)CC4)c3c(=O)[nH]2)c1. The Labute approximate surface area is 231 Å². The molecule has 1 aromatic carbocycles. The van der Waals surface area contributed by atoms with Crippen molar-refractivity contribution in [3.05, 3.63) is 57.0 Å². The summed E-state index contributed by atoms with van der Waals surface area (Å²) < 4.78 is 16.6. The van der Waals surface area contributed by atoms with E-state index in [0.717, 1.165) is 30.4 Å². The smallest absolute Gasteiger partial charge is 0.410 e. The van der Waals surface area contributed by atoms with E-state index in [1.54, 1.807) is 12.0 Å². The first-order valence-corrected chi connectivity index (χ1v) is 14.0. The molecule has 1 aliphatic heterocycles. The van der Waals surface area contributed by atoms with Gasteiger partial charge in [-0.1, -0.05) is 12.1 Å². The number of rotatable bonds is 9. The molecule has 0 aliphatic carbocycles. The number of hydrogen-bond donors (Lipinski definition) is 2. The quantitative estimate of drug-likeness (QED) is 0.373. The fourth-order valence-corrected chi connectivity index (χ4v) is 5.36. The molecule has 0 bridgehead atoms. The third-order valence-electron chi connectivity index (χ3n) is 6.52. The molecule has 39 heavy (non-hydrogen) atoms. The highest BCUT2D eigenvalue weighted by atomic mass is 32.1. The Morgan fingerprint density at radius 2 is 2.00 bits per heavy atom. The summed E-state index contributed by atoms with van der Waals surface area (Å²) in [7, 11) is 1.58. The second-order valence-electron chi connectivity index (χ2n) is 10.6. The number of nitrogens with one attached hydrogen (secondary N) is 2. The monoisotopic (exact) mass is 556 g/mol. The Morgan fingerprint density at radius 3 is 2.72 bits per heavy atom. The number of nitrogens with zero attached hydrogens (tertiary/aromatic N) is 2. The Balaban J connectivity index is 1.25. The number of piperidine rings is 1. The van der Waals surface area contributed by atoms with Crippen LogP contribution in [-0.4, -0.2) is 59.3 Å². The lowest BCUT2D eigenvalue weighted by molar-refractivity contribution is 0.0164. The van der Waals surface area contributed by atoms with Gasteiger partial charge in [-0.3, -0.25) is 9.59 Å². The molecule has 1 saturated heterocycles. The average Bonchev–Trinajstić information content (AvgIpc) is 3.32. The zero-order chi connectivity index (χ0) is 28.0. The number of carbonyl (C=O) groups is 2. The fourth-order valence-electron chi connectivity index (χ4n) is 4.43. The second-order valence-corrected chi connectivity index (χ2v) is 11.5. The van der Waals surface area contributed by atoms with Crippen LogP contribution in [0.1, 0.15) is 61.8 Å². The van der Waals surface area contributed by atoms with Gasteiger partial charge in [0, 0.05) is 31.8 Å². The lowest BCUT2D eigenvalue weighted by Crippen LogP contribution is -2.41. The zero-order valence-electron chi connectivity index (χ0n) is 22.9. The van der Waals surface area contributed by atoms with Gasteiger partial charge in [-0.2, -0.15) is 0 Å². The maximum Gasteiger partial charge on any atom is 0.410 e. The standard InChI is InChI=1S/C28H36N4O6S/c1-28(2,3)38-27(35)32-11-8-18(9-12-32)10-13-37-16-20-17-39-26-22(20)24(33)30-23(31-26)25(34)29-15-19-6-5-7-21(14-19)36-4/h5-7,14,17-18H,8-13,15-16H2,1-4H3,(H,29,34)(H,30,31,33). The minimum absolute atomic E-state index is 0.0255. The molecule has 0 saturated carbocycles. The van der Waals surface area contributed by atoms with Gasteiger partial charge in [-0.25, -0.2) is 9.78 Å². The number of likely N-dealkylation sites (tertiary alicyclic amines) is 1. The van der Waals surface area contributed by atoms with Crippen molar-refractivity contribution in [3.63, 3.8) is 0 Å². The van der Waals surface area contributed by atoms with Crippen LogP contribution in [0.3, 0.4) is 0 Å². The maximum atomic E-state index is 12.8. The van der Waals surface area contributed by atoms with Crippen molar-refractivity contribution in [3.8, 4) is 5.75 Å². The number of H-pyrrole nitrogens is 1. The van der Waals surface area contributed by atoms with Crippen LogP contribution in [-0.2, 0) is 22.6 Å². The lowest BCUT2D eigenvalue weighted by Gasteiger charge is -2.33. The van der Waals surface area contributed by atoms with Gasteiger partial charge in [0.05, 0.1) is 19.1 Å². The molecule has 11 heteroatoms. The number of thiophene rings is 1. The predicted molar refractivity (Wildman–Crippen MR) is 149 cm³/mol. The van der Waals surface area contributed by atoms with E-state index in [1.165, 1.54) is 11.3 Å². The number of benzene rings is 1. The van der Waals surface area contributed by atoms with Crippen molar-refractivity contribution >= 4 is 33.6 Å². The van der Waals surface area contributed by atoms with Gasteiger partial charge in [-0.15, -0.1) is 11.3 Å². The highest BCUT2D eigenvalue weighted by Gasteiger charge is 2.26. The summed E-state index contributed by atoms with van der Waals surface area (Å²) >= 11 is 1.31. The molecule has 210 valence electrons. The van der Waals surface area contributed by atoms with E-state index in [1.807, 2.05) is 50.4 Å². The number of aromatic amines is 1. The average molecular weight is 557 g/mol. The van der Waals surface area contributed by atoms with Gasteiger partial charge in [-0.05, 0) is 69.0 Å². The molecule has 1 aliphatic rings. The number of aromatic nitrogens is 2. The Hall–Kier alpha value is -3.44. The van der Waals surface area contributed by atoms with Crippen LogP contribution in [0.5, 0.6) is 5.75 Å². The van der Waals surface area contributed by atoms with Crippen LogP contribution in [0.2, 0.25) is 0 Å². The first-order chi connectivity index (χ1) is 18.6. The maximum absolute atomic E-state index is 12.8. The van der Waals surface area contributed by atoms with Crippen molar-refractivity contribution < 1.29 is 23.8 Å². The summed E-state index contributed by atoms with van der Waals surface area (Å²) in [6.45, 7) is 8.12. The Kier molecular flexibility index (Phi) is 9.24. The molecule has 1 fully saturated rings. The third-order valence-corrected chi connectivity index (χ3v) is 7.44. The molecule has 2 amide bonds. The Morgan fingerprint density at radius 1 is 1.23 bits per heavy atom. The number of methoxy groups -OCH3 is 1. The summed E-state index contributed by atoms with van der Waals surface area (Å²) in [5.74, 6) is 0.695. The van der Waals surface area contributed by atoms with Gasteiger partial charge >= 0.3 is 6.09 Å². The normalized spacial score (nSPS) is 14.4. The van der Waals surface area contributed by atoms with Gasteiger partial charge in [0.25, 0.3) is 11.5 Å². The van der Waals surface area contributed by atoms with Crippen molar-refractivity contribution in [1.82, 2.24) is 20.2 Å². The van der Waals surface area contributed by atoms with Crippen LogP contribution in [0.15, 0.2) is 34.4 Å². The van der Waals surface area contributed by atoms with Crippen LogP contribution >= 0.6 is 11.3 Å². The van der Waals surface area contributed by atoms with Gasteiger partial charge in [0.15, 0.2) is 0 Å². The largest absolute Gasteiger partial charge is 0.497 e. The van der Waals surface area contributed by atoms with Crippen LogP contribution in [0, 0.1) is 5.92 Å². The summed E-state index contributed by atoms with van der Waals surface area (Å²) in [6.07, 6.45) is 2.46. The molecule has 2 aromatic heterocycles. The van der Waals surface area contributed by atoms with Crippen molar-refractivity contribution in [2.75, 3.05) is 26.8 Å². The molecule has 0 atom stereocenters. The van der Waals surface area contributed by atoms with E-state index < -0.39 is 11.5 Å². The fraction of sp³-hybridized carbons (Fsp3) is 0.500. The van der Waals surface area contributed by atoms with Gasteiger partial charge in [0.1, 0.15) is 16.2 Å². The third kappa shape index (κ3) is 7.79.